The van der Waals surface area contributed by atoms with Crippen molar-refractivity contribution < 1.29 is 14.2 Å². The molecular weight excluding hydrogens is 376 g/mol. The highest BCUT2D eigenvalue weighted by Gasteiger charge is 2.32. The average Bonchev–Trinajstić information content (AvgIpc) is 2.59. The van der Waals surface area contributed by atoms with Gasteiger partial charge >= 0.3 is 0 Å². The minimum Gasteiger partial charge on any atom is -0.375 e. The molecule has 0 aromatic heterocycles. The first-order chi connectivity index (χ1) is 13.5. The Morgan fingerprint density at radius 2 is 0.900 bits per heavy atom. The van der Waals surface area contributed by atoms with Crippen LogP contribution in [-0.4, -0.2) is 48.7 Å². The molecular formula is C25H52N2O3. The zero-order chi connectivity index (χ0) is 23.3. The van der Waals surface area contributed by atoms with Gasteiger partial charge < -0.3 is 25.7 Å². The Bertz CT molecular complexity index is 435. The summed E-state index contributed by atoms with van der Waals surface area (Å²) in [5, 5.41) is 0. The second-order valence-corrected chi connectivity index (χ2v) is 12.1. The first-order valence-electron chi connectivity index (χ1n) is 12.0. The fraction of sp³-hybridized carbons (Fsp3) is 1.00. The van der Waals surface area contributed by atoms with E-state index in [0.29, 0.717) is 24.5 Å². The number of hydrogen-bond acceptors (Lipinski definition) is 5. The fourth-order valence-corrected chi connectivity index (χ4v) is 4.34. The van der Waals surface area contributed by atoms with Crippen molar-refractivity contribution in [2.24, 2.45) is 35.1 Å². The maximum absolute atomic E-state index is 5.87. The zero-order valence-corrected chi connectivity index (χ0v) is 21.6. The van der Waals surface area contributed by atoms with Gasteiger partial charge in [0.25, 0.3) is 0 Å². The van der Waals surface area contributed by atoms with Crippen LogP contribution in [0.2, 0.25) is 0 Å². The van der Waals surface area contributed by atoms with E-state index in [9.17, 15) is 0 Å². The molecule has 0 aliphatic carbocycles. The maximum Gasteiger partial charge on any atom is 0.0641 e. The van der Waals surface area contributed by atoms with Gasteiger partial charge in [-0.1, -0.05) is 27.7 Å². The Morgan fingerprint density at radius 3 is 1.23 bits per heavy atom. The van der Waals surface area contributed by atoms with Crippen molar-refractivity contribution in [1.29, 1.82) is 0 Å². The summed E-state index contributed by atoms with van der Waals surface area (Å²) < 4.78 is 16.7. The van der Waals surface area contributed by atoms with Crippen molar-refractivity contribution in [3.63, 3.8) is 0 Å². The third kappa shape index (κ3) is 9.95. The van der Waals surface area contributed by atoms with Gasteiger partial charge in [-0.15, -0.1) is 0 Å². The van der Waals surface area contributed by atoms with Crippen LogP contribution in [0.3, 0.4) is 0 Å². The van der Waals surface area contributed by atoms with Crippen molar-refractivity contribution in [3.05, 3.63) is 0 Å². The summed E-state index contributed by atoms with van der Waals surface area (Å²) in [5.74, 6) is 2.69. The number of hydrogen-bond donors (Lipinski definition) is 2. The third-order valence-corrected chi connectivity index (χ3v) is 6.93. The predicted molar refractivity (Wildman–Crippen MR) is 127 cm³/mol. The summed E-state index contributed by atoms with van der Waals surface area (Å²) in [5.41, 5.74) is 11.8. The van der Waals surface area contributed by atoms with E-state index in [1.807, 2.05) is 0 Å². The molecule has 0 unspecified atom stereocenters. The molecule has 3 rings (SSSR count). The SMILES string of the molecule is C[C@@H]1COC(C)(C)C[C@@H]1C.C[C@@H]1COC(C)(C)C[C@@H]1N.C[C@H]1CC(C)(C)OC[C@H]1N. The van der Waals surface area contributed by atoms with Gasteiger partial charge in [0.1, 0.15) is 0 Å². The first-order valence-corrected chi connectivity index (χ1v) is 12.0. The van der Waals surface area contributed by atoms with Crippen molar-refractivity contribution in [2.45, 2.75) is 117 Å². The summed E-state index contributed by atoms with van der Waals surface area (Å²) in [6.07, 6.45) is 3.26. The highest BCUT2D eigenvalue weighted by Crippen LogP contribution is 2.31. The number of rotatable bonds is 0. The van der Waals surface area contributed by atoms with Crippen LogP contribution in [0.15, 0.2) is 0 Å². The van der Waals surface area contributed by atoms with Gasteiger partial charge in [-0.2, -0.15) is 0 Å². The largest absolute Gasteiger partial charge is 0.375 e. The van der Waals surface area contributed by atoms with E-state index >= 15 is 0 Å². The van der Waals surface area contributed by atoms with Crippen LogP contribution in [0.1, 0.15) is 88.5 Å². The van der Waals surface area contributed by atoms with E-state index in [-0.39, 0.29) is 22.8 Å². The monoisotopic (exact) mass is 428 g/mol. The van der Waals surface area contributed by atoms with E-state index in [1.165, 1.54) is 6.42 Å². The van der Waals surface area contributed by atoms with Gasteiger partial charge in [0, 0.05) is 12.1 Å². The molecule has 0 bridgehead atoms. The minimum atomic E-state index is 0.00588. The third-order valence-electron chi connectivity index (χ3n) is 6.93. The van der Waals surface area contributed by atoms with Gasteiger partial charge in [-0.25, -0.2) is 0 Å². The molecule has 3 aliphatic heterocycles. The van der Waals surface area contributed by atoms with Gasteiger partial charge in [-0.3, -0.25) is 0 Å². The number of nitrogens with two attached hydrogens (primary N) is 2. The summed E-state index contributed by atoms with van der Waals surface area (Å²) in [4.78, 5) is 0. The molecule has 0 saturated carbocycles. The van der Waals surface area contributed by atoms with E-state index in [4.69, 9.17) is 25.7 Å². The van der Waals surface area contributed by atoms with E-state index in [2.05, 4.69) is 69.2 Å². The molecule has 30 heavy (non-hydrogen) atoms. The molecule has 6 atom stereocenters. The average molecular weight is 429 g/mol. The molecule has 5 nitrogen and oxygen atoms in total. The van der Waals surface area contributed by atoms with Crippen LogP contribution in [0, 0.1) is 23.7 Å². The number of ether oxygens (including phenoxy) is 3. The Morgan fingerprint density at radius 1 is 0.500 bits per heavy atom. The van der Waals surface area contributed by atoms with Crippen LogP contribution in [0.4, 0.5) is 0 Å². The topological polar surface area (TPSA) is 79.7 Å². The quantitative estimate of drug-likeness (QED) is 0.582. The molecule has 3 saturated heterocycles. The van der Waals surface area contributed by atoms with Crippen LogP contribution in [0.25, 0.3) is 0 Å². The fourth-order valence-electron chi connectivity index (χ4n) is 4.34. The Balaban J connectivity index is 0.000000225. The van der Waals surface area contributed by atoms with Gasteiger partial charge in [0.15, 0.2) is 0 Å². The summed E-state index contributed by atoms with van der Waals surface area (Å²) in [7, 11) is 0. The molecule has 3 aliphatic rings. The summed E-state index contributed by atoms with van der Waals surface area (Å²) in [6.45, 7) is 24.2. The molecule has 0 aromatic rings. The first kappa shape index (κ1) is 27.8. The molecule has 0 radical (unpaired) electrons. The zero-order valence-electron chi connectivity index (χ0n) is 21.6. The predicted octanol–water partition coefficient (Wildman–Crippen LogP) is 4.75. The molecule has 0 spiro atoms. The lowest BCUT2D eigenvalue weighted by Crippen LogP contribution is -2.46. The van der Waals surface area contributed by atoms with Crippen LogP contribution < -0.4 is 11.5 Å². The van der Waals surface area contributed by atoms with Gasteiger partial charge in [0.2, 0.25) is 0 Å². The van der Waals surface area contributed by atoms with Crippen LogP contribution >= 0.6 is 0 Å². The Kier molecular flexibility index (Phi) is 10.3. The highest BCUT2D eigenvalue weighted by molar-refractivity contribution is 4.85. The molecule has 4 N–H and O–H groups in total. The molecule has 5 heteroatoms. The summed E-state index contributed by atoms with van der Waals surface area (Å²) >= 11 is 0. The van der Waals surface area contributed by atoms with E-state index < -0.39 is 0 Å². The van der Waals surface area contributed by atoms with E-state index in [0.717, 1.165) is 37.9 Å². The van der Waals surface area contributed by atoms with Gasteiger partial charge in [-0.05, 0) is 84.5 Å². The molecule has 0 amide bonds. The lowest BCUT2D eigenvalue weighted by Gasteiger charge is -2.37. The molecule has 0 aromatic carbocycles. The standard InChI is InChI=1S/C9H18O.2C8H17NO/c1-7-5-9(3,4)10-6-8(7)2;1-6-5-10-8(2,3)4-7(6)9;1-6-4-8(2,3)10-5-7(6)9/h7-8H,5-6H2,1-4H3;2*6-7H,4-5,9H2,1-3H3/t7-,8+;2*6-,7+/m010/s1. The second kappa shape index (κ2) is 11.1. The summed E-state index contributed by atoms with van der Waals surface area (Å²) in [6, 6.07) is 0.566. The van der Waals surface area contributed by atoms with Crippen molar-refractivity contribution in [3.8, 4) is 0 Å². The Labute approximate surface area is 187 Å². The maximum atomic E-state index is 5.87. The van der Waals surface area contributed by atoms with Crippen LogP contribution in [-0.2, 0) is 14.2 Å². The van der Waals surface area contributed by atoms with Crippen molar-refractivity contribution in [2.75, 3.05) is 19.8 Å². The highest BCUT2D eigenvalue weighted by atomic mass is 16.5. The molecule has 3 fully saturated rings. The smallest absolute Gasteiger partial charge is 0.0641 e. The minimum absolute atomic E-state index is 0.00588. The van der Waals surface area contributed by atoms with Crippen molar-refractivity contribution in [1.82, 2.24) is 0 Å². The Hall–Kier alpha value is -0.200. The molecule has 180 valence electrons. The van der Waals surface area contributed by atoms with E-state index in [1.54, 1.807) is 0 Å². The molecule has 3 heterocycles. The van der Waals surface area contributed by atoms with Crippen molar-refractivity contribution >= 4 is 0 Å². The lowest BCUT2D eigenvalue weighted by atomic mass is 9.83. The second-order valence-electron chi connectivity index (χ2n) is 12.1. The van der Waals surface area contributed by atoms with Crippen LogP contribution in [0.5, 0.6) is 0 Å². The normalized spacial score (nSPS) is 39.6. The van der Waals surface area contributed by atoms with Gasteiger partial charge in [0.05, 0.1) is 36.6 Å². The lowest BCUT2D eigenvalue weighted by molar-refractivity contribution is -0.0944.